The lowest BCUT2D eigenvalue weighted by molar-refractivity contribution is -0.150. The van der Waals surface area contributed by atoms with Gasteiger partial charge < -0.3 is 26.3 Å². The number of rotatable bonds is 9. The third-order valence-electron chi connectivity index (χ3n) is 4.79. The number of oxime groups is 1. The Hall–Kier alpha value is -2.97. The lowest BCUT2D eigenvalue weighted by atomic mass is 10.0. The van der Waals surface area contributed by atoms with Crippen LogP contribution in [0.2, 0.25) is 0 Å². The van der Waals surface area contributed by atoms with Crippen LogP contribution >= 0.6 is 23.1 Å². The first-order valence-electron chi connectivity index (χ1n) is 9.96. The minimum absolute atomic E-state index is 0.101. The Bertz CT molecular complexity index is 1020. The summed E-state index contributed by atoms with van der Waals surface area (Å²) in [7, 11) is 1.25. The highest BCUT2D eigenvalue weighted by Crippen LogP contribution is 2.37. The van der Waals surface area contributed by atoms with Crippen LogP contribution in [0, 0.1) is 5.92 Å². The maximum absolute atomic E-state index is 12.9. The van der Waals surface area contributed by atoms with Crippen LogP contribution < -0.4 is 16.4 Å². The number of β-lactam (4-membered cyclic amide) rings is 1. The molecule has 0 unspecified atom stereocenters. The molecule has 3 rings (SSSR count). The summed E-state index contributed by atoms with van der Waals surface area (Å²) in [5, 5.41) is 19.4. The van der Waals surface area contributed by atoms with Crippen molar-refractivity contribution < 1.29 is 29.1 Å². The van der Waals surface area contributed by atoms with Gasteiger partial charge in [0.1, 0.15) is 29.9 Å². The Morgan fingerprint density at radius 3 is 2.79 bits per heavy atom. The van der Waals surface area contributed by atoms with Crippen LogP contribution in [0.4, 0.5) is 5.13 Å². The quantitative estimate of drug-likeness (QED) is 0.211. The maximum Gasteiger partial charge on any atom is 0.352 e. The average Bonchev–Trinajstić information content (AvgIpc) is 3.22. The van der Waals surface area contributed by atoms with Gasteiger partial charge in [-0.3, -0.25) is 19.3 Å². The molecule has 3 atom stereocenters. The summed E-state index contributed by atoms with van der Waals surface area (Å²) < 4.78 is 0. The Balaban J connectivity index is 1.68. The number of thiazole rings is 1. The Morgan fingerprint density at radius 2 is 2.15 bits per heavy atom. The summed E-state index contributed by atoms with van der Waals surface area (Å²) >= 11 is 2.41. The van der Waals surface area contributed by atoms with E-state index in [9.17, 15) is 24.3 Å². The summed E-state index contributed by atoms with van der Waals surface area (Å²) in [6, 6.07) is -1.61. The SMILES string of the molecule is CO/N=C(\C(=O)N[C@@H]1C(=O)N2C(C(=O)O)=CCS[C@H]12)c1csc(NC(=O)[C@@H](N)CC(C)C)n1. The fraction of sp³-hybridized carbons (Fsp3) is 0.474. The van der Waals surface area contributed by atoms with Gasteiger partial charge in [0.05, 0.1) is 6.04 Å². The number of carbonyl (C=O) groups is 4. The molecule has 1 aromatic heterocycles. The van der Waals surface area contributed by atoms with E-state index >= 15 is 0 Å². The smallest absolute Gasteiger partial charge is 0.352 e. The second-order valence-electron chi connectivity index (χ2n) is 7.66. The number of hydrogen-bond donors (Lipinski definition) is 4. The first-order valence-corrected chi connectivity index (χ1v) is 11.9. The normalized spacial score (nSPS) is 21.0. The highest BCUT2D eigenvalue weighted by Gasteiger charge is 2.53. The van der Waals surface area contributed by atoms with Crippen LogP contribution in [-0.4, -0.2) is 74.7 Å². The second-order valence-corrected chi connectivity index (χ2v) is 9.67. The zero-order valence-electron chi connectivity index (χ0n) is 18.1. The van der Waals surface area contributed by atoms with Gasteiger partial charge in [0.15, 0.2) is 10.8 Å². The van der Waals surface area contributed by atoms with Gasteiger partial charge in [-0.25, -0.2) is 9.78 Å². The van der Waals surface area contributed by atoms with E-state index in [0.717, 1.165) is 16.2 Å². The lowest BCUT2D eigenvalue weighted by Crippen LogP contribution is -2.70. The number of fused-ring (bicyclic) bond motifs is 1. The van der Waals surface area contributed by atoms with E-state index in [4.69, 9.17) is 10.6 Å². The standard InChI is InChI=1S/C19H24N6O6S2/c1-8(2)6-9(20)14(26)23-19-21-10(7-33-19)12(24-31-3)15(27)22-13-16(28)25-11(18(29)30)4-5-32-17(13)25/h4,7-9,13,17H,5-6,20H2,1-3H3,(H,22,27)(H,29,30)(H,21,23,26)/b24-12-/t9-,13+,17+/m0/s1. The van der Waals surface area contributed by atoms with Gasteiger partial charge in [-0.2, -0.15) is 0 Å². The molecule has 5 N–H and O–H groups in total. The number of hydrogen-bond acceptors (Lipinski definition) is 10. The molecular weight excluding hydrogens is 472 g/mol. The number of nitrogens with zero attached hydrogens (tertiary/aromatic N) is 3. The number of anilines is 1. The van der Waals surface area contributed by atoms with Gasteiger partial charge >= 0.3 is 5.97 Å². The van der Waals surface area contributed by atoms with Crippen LogP contribution in [0.15, 0.2) is 22.3 Å². The van der Waals surface area contributed by atoms with Crippen molar-refractivity contribution in [1.82, 2.24) is 15.2 Å². The molecule has 178 valence electrons. The van der Waals surface area contributed by atoms with Crippen molar-refractivity contribution in [3.63, 3.8) is 0 Å². The first-order chi connectivity index (χ1) is 15.6. The van der Waals surface area contributed by atoms with E-state index < -0.39 is 41.1 Å². The molecule has 0 aliphatic carbocycles. The number of thioether (sulfide) groups is 1. The monoisotopic (exact) mass is 496 g/mol. The number of carbonyl (C=O) groups excluding carboxylic acids is 3. The van der Waals surface area contributed by atoms with E-state index in [1.54, 1.807) is 0 Å². The molecular formula is C19H24N6O6S2. The fourth-order valence-corrected chi connectivity index (χ4v) is 5.19. The van der Waals surface area contributed by atoms with Crippen LogP contribution in [-0.2, 0) is 24.0 Å². The summed E-state index contributed by atoms with van der Waals surface area (Å²) in [6.45, 7) is 3.91. The van der Waals surface area contributed by atoms with Crippen molar-refractivity contribution in [3.8, 4) is 0 Å². The largest absolute Gasteiger partial charge is 0.477 e. The van der Waals surface area contributed by atoms with Gasteiger partial charge in [0.25, 0.3) is 11.8 Å². The zero-order valence-corrected chi connectivity index (χ0v) is 19.7. The zero-order chi connectivity index (χ0) is 24.3. The van der Waals surface area contributed by atoms with E-state index in [2.05, 4.69) is 20.8 Å². The van der Waals surface area contributed by atoms with E-state index in [1.807, 2.05) is 13.8 Å². The van der Waals surface area contributed by atoms with Crippen molar-refractivity contribution in [2.75, 3.05) is 18.2 Å². The number of aromatic nitrogens is 1. The molecule has 2 aliphatic rings. The van der Waals surface area contributed by atoms with Crippen molar-refractivity contribution in [2.45, 2.75) is 37.7 Å². The number of nitrogens with one attached hydrogen (secondary N) is 2. The van der Waals surface area contributed by atoms with E-state index in [1.165, 1.54) is 30.3 Å². The van der Waals surface area contributed by atoms with E-state index in [0.29, 0.717) is 12.2 Å². The van der Waals surface area contributed by atoms with Gasteiger partial charge in [-0.1, -0.05) is 19.0 Å². The molecule has 33 heavy (non-hydrogen) atoms. The molecule has 0 bridgehead atoms. The minimum Gasteiger partial charge on any atom is -0.477 e. The topological polar surface area (TPSA) is 176 Å². The van der Waals surface area contributed by atoms with Crippen molar-refractivity contribution in [1.29, 1.82) is 0 Å². The number of carboxylic acids is 1. The van der Waals surface area contributed by atoms with Gasteiger partial charge in [-0.05, 0) is 18.4 Å². The highest BCUT2D eigenvalue weighted by molar-refractivity contribution is 8.00. The number of nitrogens with two attached hydrogens (primary N) is 1. The third kappa shape index (κ3) is 5.34. The second kappa shape index (κ2) is 10.3. The van der Waals surface area contributed by atoms with E-state index in [-0.39, 0.29) is 28.2 Å². The first kappa shape index (κ1) is 24.7. The predicted molar refractivity (Wildman–Crippen MR) is 122 cm³/mol. The molecule has 3 amide bonds. The van der Waals surface area contributed by atoms with Crippen molar-refractivity contribution in [3.05, 3.63) is 22.8 Å². The molecule has 0 radical (unpaired) electrons. The molecule has 1 aromatic rings. The third-order valence-corrected chi connectivity index (χ3v) is 6.73. The number of amides is 3. The molecule has 2 aliphatic heterocycles. The van der Waals surface area contributed by atoms with Crippen LogP contribution in [0.5, 0.6) is 0 Å². The Kier molecular flexibility index (Phi) is 7.71. The fourth-order valence-electron chi connectivity index (χ4n) is 3.30. The highest BCUT2D eigenvalue weighted by atomic mass is 32.2. The van der Waals surface area contributed by atoms with Crippen LogP contribution in [0.3, 0.4) is 0 Å². The molecule has 1 fully saturated rings. The number of carboxylic acid groups (broad SMARTS) is 1. The summed E-state index contributed by atoms with van der Waals surface area (Å²) in [5.74, 6) is -2.20. The van der Waals surface area contributed by atoms with Crippen molar-refractivity contribution >= 4 is 57.6 Å². The van der Waals surface area contributed by atoms with Gasteiger partial charge in [0, 0.05) is 11.1 Å². The molecule has 0 saturated carbocycles. The van der Waals surface area contributed by atoms with Gasteiger partial charge in [0.2, 0.25) is 5.91 Å². The molecule has 1 saturated heterocycles. The predicted octanol–water partition coefficient (Wildman–Crippen LogP) is 0.174. The molecule has 12 nitrogen and oxygen atoms in total. The Labute approximate surface area is 197 Å². The van der Waals surface area contributed by atoms with Crippen molar-refractivity contribution in [2.24, 2.45) is 16.8 Å². The molecule has 0 aromatic carbocycles. The average molecular weight is 497 g/mol. The lowest BCUT2D eigenvalue weighted by Gasteiger charge is -2.48. The molecule has 0 spiro atoms. The van der Waals surface area contributed by atoms with Gasteiger partial charge in [-0.15, -0.1) is 23.1 Å². The minimum atomic E-state index is -1.20. The molecule has 3 heterocycles. The number of aliphatic carboxylic acids is 1. The van der Waals surface area contributed by atoms with Crippen LogP contribution in [0.25, 0.3) is 0 Å². The maximum atomic E-state index is 12.9. The summed E-state index contributed by atoms with van der Waals surface area (Å²) in [5.41, 5.74) is 5.72. The Morgan fingerprint density at radius 1 is 1.42 bits per heavy atom. The van der Waals surface area contributed by atoms with Crippen LogP contribution in [0.1, 0.15) is 26.0 Å². The molecule has 14 heteroatoms. The summed E-state index contributed by atoms with van der Waals surface area (Å²) in [6.07, 6.45) is 1.96. The summed E-state index contributed by atoms with van der Waals surface area (Å²) in [4.78, 5) is 59.0.